The Morgan fingerprint density at radius 2 is 1.95 bits per heavy atom. The van der Waals surface area contributed by atoms with Crippen molar-refractivity contribution in [2.24, 2.45) is 5.73 Å². The van der Waals surface area contributed by atoms with E-state index in [-0.39, 0.29) is 17.9 Å². The molecule has 0 atom stereocenters. The molecule has 0 amide bonds. The average molecular weight is 300 g/mol. The molecule has 0 saturated heterocycles. The van der Waals surface area contributed by atoms with Gasteiger partial charge in [-0.1, -0.05) is 18.2 Å². The highest BCUT2D eigenvalue weighted by Crippen LogP contribution is 2.14. The lowest BCUT2D eigenvalue weighted by Gasteiger charge is -2.24. The van der Waals surface area contributed by atoms with Crippen molar-refractivity contribution in [3.8, 4) is 0 Å². The summed E-state index contributed by atoms with van der Waals surface area (Å²) in [4.78, 5) is 11.6. The number of hydrogen-bond donors (Lipinski definition) is 2. The topological polar surface area (TPSA) is 98.5 Å². The maximum absolute atomic E-state index is 12.1. The molecule has 0 aliphatic heterocycles. The molecule has 0 spiro atoms. The van der Waals surface area contributed by atoms with Gasteiger partial charge in [0.05, 0.1) is 18.4 Å². The van der Waals surface area contributed by atoms with Crippen molar-refractivity contribution >= 4 is 16.0 Å². The van der Waals surface area contributed by atoms with E-state index in [1.54, 1.807) is 32.0 Å². The summed E-state index contributed by atoms with van der Waals surface area (Å²) in [7, 11) is -2.35. The number of rotatable bonds is 6. The van der Waals surface area contributed by atoms with Gasteiger partial charge in [-0.3, -0.25) is 0 Å². The number of nitrogens with one attached hydrogen (secondary N) is 1. The number of esters is 1. The zero-order valence-electron chi connectivity index (χ0n) is 11.8. The Balaban J connectivity index is 3.02. The van der Waals surface area contributed by atoms with Gasteiger partial charge >= 0.3 is 5.97 Å². The first-order chi connectivity index (χ1) is 9.21. The third-order valence-corrected chi connectivity index (χ3v) is 4.26. The standard InChI is InChI=1S/C13H20N2O4S/c1-13(2,9-14)15-20(17,18)8-10-6-4-5-7-11(10)12(16)19-3/h4-7,15H,8-9,14H2,1-3H3. The number of nitrogens with two attached hydrogens (primary N) is 1. The maximum Gasteiger partial charge on any atom is 0.338 e. The van der Waals surface area contributed by atoms with Gasteiger partial charge in [0.2, 0.25) is 10.0 Å². The van der Waals surface area contributed by atoms with Crippen molar-refractivity contribution in [3.05, 3.63) is 35.4 Å². The van der Waals surface area contributed by atoms with E-state index in [0.717, 1.165) is 0 Å². The molecular weight excluding hydrogens is 280 g/mol. The molecule has 7 heteroatoms. The first-order valence-corrected chi connectivity index (χ1v) is 7.74. The van der Waals surface area contributed by atoms with Crippen LogP contribution in [-0.2, 0) is 20.5 Å². The van der Waals surface area contributed by atoms with Crippen LogP contribution in [0.5, 0.6) is 0 Å². The van der Waals surface area contributed by atoms with Crippen molar-refractivity contribution in [2.75, 3.05) is 13.7 Å². The summed E-state index contributed by atoms with van der Waals surface area (Å²) in [6.07, 6.45) is 0. The van der Waals surface area contributed by atoms with Crippen LogP contribution in [0.3, 0.4) is 0 Å². The molecule has 3 N–H and O–H groups in total. The van der Waals surface area contributed by atoms with Crippen LogP contribution < -0.4 is 10.5 Å². The van der Waals surface area contributed by atoms with E-state index in [1.807, 2.05) is 0 Å². The van der Waals surface area contributed by atoms with Crippen molar-refractivity contribution < 1.29 is 17.9 Å². The van der Waals surface area contributed by atoms with E-state index in [9.17, 15) is 13.2 Å². The molecule has 6 nitrogen and oxygen atoms in total. The van der Waals surface area contributed by atoms with Gasteiger partial charge in [-0.2, -0.15) is 0 Å². The molecule has 0 unspecified atom stereocenters. The predicted molar refractivity (Wildman–Crippen MR) is 76.7 cm³/mol. The summed E-state index contributed by atoms with van der Waals surface area (Å²) in [5.41, 5.74) is 5.40. The summed E-state index contributed by atoms with van der Waals surface area (Å²) >= 11 is 0. The lowest BCUT2D eigenvalue weighted by Crippen LogP contribution is -2.49. The van der Waals surface area contributed by atoms with Gasteiger partial charge in [-0.05, 0) is 25.5 Å². The first-order valence-electron chi connectivity index (χ1n) is 6.09. The molecule has 0 bridgehead atoms. The lowest BCUT2D eigenvalue weighted by atomic mass is 10.1. The fourth-order valence-electron chi connectivity index (χ4n) is 1.66. The monoisotopic (exact) mass is 300 g/mol. The van der Waals surface area contributed by atoms with Crippen molar-refractivity contribution in [3.63, 3.8) is 0 Å². The third-order valence-electron chi connectivity index (χ3n) is 2.71. The van der Waals surface area contributed by atoms with Crippen molar-refractivity contribution in [1.82, 2.24) is 4.72 Å². The number of methoxy groups -OCH3 is 1. The van der Waals surface area contributed by atoms with Gasteiger partial charge in [0, 0.05) is 12.1 Å². The van der Waals surface area contributed by atoms with E-state index >= 15 is 0 Å². The molecule has 0 aliphatic carbocycles. The van der Waals surface area contributed by atoms with Crippen LogP contribution in [0.15, 0.2) is 24.3 Å². The fraction of sp³-hybridized carbons (Fsp3) is 0.462. The van der Waals surface area contributed by atoms with E-state index in [0.29, 0.717) is 5.56 Å². The van der Waals surface area contributed by atoms with Crippen molar-refractivity contribution in [2.45, 2.75) is 25.1 Å². The number of carbonyl (C=O) groups is 1. The fourth-order valence-corrected chi connectivity index (χ4v) is 3.32. The maximum atomic E-state index is 12.1. The van der Waals surface area contributed by atoms with Gasteiger partial charge in [0.1, 0.15) is 0 Å². The molecule has 112 valence electrons. The predicted octanol–water partition coefficient (Wildman–Crippen LogP) is 0.630. The lowest BCUT2D eigenvalue weighted by molar-refractivity contribution is 0.0600. The SMILES string of the molecule is COC(=O)c1ccccc1CS(=O)(=O)NC(C)(C)CN. The summed E-state index contributed by atoms with van der Waals surface area (Å²) < 4.78 is 31.4. The van der Waals surface area contributed by atoms with E-state index in [2.05, 4.69) is 9.46 Å². The Kier molecular flexibility index (Phi) is 5.27. The normalized spacial score (nSPS) is 12.2. The van der Waals surface area contributed by atoms with Crippen LogP contribution in [0.4, 0.5) is 0 Å². The smallest absolute Gasteiger partial charge is 0.338 e. The third kappa shape index (κ3) is 4.59. The number of benzene rings is 1. The van der Waals surface area contributed by atoms with E-state index in [1.165, 1.54) is 13.2 Å². The van der Waals surface area contributed by atoms with Crippen LogP contribution >= 0.6 is 0 Å². The molecule has 0 saturated carbocycles. The average Bonchev–Trinajstić information content (AvgIpc) is 2.36. The highest BCUT2D eigenvalue weighted by molar-refractivity contribution is 7.88. The van der Waals surface area contributed by atoms with Gasteiger partial charge < -0.3 is 10.5 Å². The Morgan fingerprint density at radius 3 is 2.50 bits per heavy atom. The largest absolute Gasteiger partial charge is 0.465 e. The minimum absolute atomic E-state index is 0.172. The molecule has 0 radical (unpaired) electrons. The highest BCUT2D eigenvalue weighted by Gasteiger charge is 2.25. The summed E-state index contributed by atoms with van der Waals surface area (Å²) in [5.74, 6) is -0.865. The molecule has 1 aromatic rings. The number of hydrogen-bond acceptors (Lipinski definition) is 5. The minimum atomic E-state index is -3.61. The van der Waals surface area contributed by atoms with Gasteiger partial charge in [0.25, 0.3) is 0 Å². The molecule has 1 rings (SSSR count). The summed E-state index contributed by atoms with van der Waals surface area (Å²) in [6, 6.07) is 6.44. The Morgan fingerprint density at radius 1 is 1.35 bits per heavy atom. The quantitative estimate of drug-likeness (QED) is 0.751. The number of sulfonamides is 1. The second-order valence-electron chi connectivity index (χ2n) is 5.10. The highest BCUT2D eigenvalue weighted by atomic mass is 32.2. The second-order valence-corrected chi connectivity index (χ2v) is 6.82. The first kappa shape index (κ1) is 16.6. The van der Waals surface area contributed by atoms with Crippen LogP contribution in [-0.4, -0.2) is 33.6 Å². The molecule has 20 heavy (non-hydrogen) atoms. The minimum Gasteiger partial charge on any atom is -0.465 e. The van der Waals surface area contributed by atoms with E-state index < -0.39 is 21.5 Å². The van der Waals surface area contributed by atoms with Gasteiger partial charge in [-0.15, -0.1) is 0 Å². The molecule has 0 heterocycles. The van der Waals surface area contributed by atoms with Gasteiger partial charge in [0.15, 0.2) is 0 Å². The molecule has 0 aliphatic rings. The molecular formula is C13H20N2O4S. The Labute approximate surface area is 119 Å². The number of carbonyl (C=O) groups excluding carboxylic acids is 1. The number of ether oxygens (including phenoxy) is 1. The molecule has 0 fully saturated rings. The molecule has 1 aromatic carbocycles. The Bertz CT molecular complexity index is 582. The van der Waals surface area contributed by atoms with Crippen LogP contribution in [0.25, 0.3) is 0 Å². The van der Waals surface area contributed by atoms with Crippen LogP contribution in [0.2, 0.25) is 0 Å². The molecule has 0 aromatic heterocycles. The van der Waals surface area contributed by atoms with Crippen molar-refractivity contribution in [1.29, 1.82) is 0 Å². The zero-order chi connectivity index (χ0) is 15.4. The van der Waals surface area contributed by atoms with E-state index in [4.69, 9.17) is 5.73 Å². The summed E-state index contributed by atoms with van der Waals surface area (Å²) in [6.45, 7) is 3.55. The second kappa shape index (κ2) is 6.34. The van der Waals surface area contributed by atoms with Gasteiger partial charge in [-0.25, -0.2) is 17.9 Å². The Hall–Kier alpha value is -1.44. The summed E-state index contributed by atoms with van der Waals surface area (Å²) in [5, 5.41) is 0. The van der Waals surface area contributed by atoms with Crippen LogP contribution in [0.1, 0.15) is 29.8 Å². The van der Waals surface area contributed by atoms with Crippen LogP contribution in [0, 0.1) is 0 Å². The zero-order valence-corrected chi connectivity index (χ0v) is 12.7.